The van der Waals surface area contributed by atoms with Gasteiger partial charge in [0.25, 0.3) is 0 Å². The Morgan fingerprint density at radius 2 is 2.17 bits per heavy atom. The SMILES string of the molecule is CON(C)C(=O)C1CC1C(C)C. The van der Waals surface area contributed by atoms with E-state index in [1.54, 1.807) is 7.05 Å². The molecule has 2 atom stereocenters. The minimum Gasteiger partial charge on any atom is -0.275 e. The molecule has 3 heteroatoms. The predicted molar refractivity (Wildman–Crippen MR) is 46.2 cm³/mol. The Bertz CT molecular complexity index is 179. The summed E-state index contributed by atoms with van der Waals surface area (Å²) >= 11 is 0. The average Bonchev–Trinajstić information content (AvgIpc) is 2.80. The van der Waals surface area contributed by atoms with Crippen LogP contribution in [0, 0.1) is 17.8 Å². The second-order valence-corrected chi connectivity index (χ2v) is 3.77. The average molecular weight is 171 g/mol. The summed E-state index contributed by atoms with van der Waals surface area (Å²) in [5.41, 5.74) is 0. The third-order valence-corrected chi connectivity index (χ3v) is 2.60. The number of rotatable bonds is 3. The summed E-state index contributed by atoms with van der Waals surface area (Å²) in [5, 5.41) is 1.33. The van der Waals surface area contributed by atoms with Gasteiger partial charge in [-0.2, -0.15) is 0 Å². The second kappa shape index (κ2) is 3.44. The zero-order valence-corrected chi connectivity index (χ0v) is 8.20. The Morgan fingerprint density at radius 3 is 2.50 bits per heavy atom. The minimum atomic E-state index is 0.121. The topological polar surface area (TPSA) is 29.5 Å². The van der Waals surface area contributed by atoms with Crippen LogP contribution in [0.3, 0.4) is 0 Å². The lowest BCUT2D eigenvalue weighted by atomic mass is 10.1. The van der Waals surface area contributed by atoms with Gasteiger partial charge in [0, 0.05) is 13.0 Å². The van der Waals surface area contributed by atoms with Crippen molar-refractivity contribution < 1.29 is 9.63 Å². The maximum absolute atomic E-state index is 11.5. The summed E-state index contributed by atoms with van der Waals surface area (Å²) < 4.78 is 0. The third kappa shape index (κ3) is 1.78. The van der Waals surface area contributed by atoms with Gasteiger partial charge in [0.2, 0.25) is 5.91 Å². The van der Waals surface area contributed by atoms with Crippen molar-refractivity contribution in [2.45, 2.75) is 20.3 Å². The maximum Gasteiger partial charge on any atom is 0.249 e. The Hall–Kier alpha value is -0.570. The van der Waals surface area contributed by atoms with E-state index < -0.39 is 0 Å². The Kier molecular flexibility index (Phi) is 2.73. The standard InChI is InChI=1S/C9H17NO2/c1-6(2)7-5-8(7)9(11)10(3)12-4/h6-8H,5H2,1-4H3. The van der Waals surface area contributed by atoms with Gasteiger partial charge in [0.05, 0.1) is 7.11 Å². The van der Waals surface area contributed by atoms with Crippen molar-refractivity contribution in [3.8, 4) is 0 Å². The van der Waals surface area contributed by atoms with Crippen LogP contribution < -0.4 is 0 Å². The highest BCUT2D eigenvalue weighted by molar-refractivity contribution is 5.80. The number of nitrogens with zero attached hydrogens (tertiary/aromatic N) is 1. The van der Waals surface area contributed by atoms with E-state index in [1.807, 2.05) is 0 Å². The molecule has 12 heavy (non-hydrogen) atoms. The minimum absolute atomic E-state index is 0.121. The molecule has 1 aliphatic carbocycles. The van der Waals surface area contributed by atoms with Gasteiger partial charge < -0.3 is 0 Å². The van der Waals surface area contributed by atoms with E-state index in [0.29, 0.717) is 11.8 Å². The molecule has 0 N–H and O–H groups in total. The molecule has 1 rings (SSSR count). The first-order chi connectivity index (χ1) is 5.57. The van der Waals surface area contributed by atoms with Crippen molar-refractivity contribution in [3.63, 3.8) is 0 Å². The molecule has 0 spiro atoms. The van der Waals surface area contributed by atoms with E-state index in [4.69, 9.17) is 4.84 Å². The lowest BCUT2D eigenvalue weighted by Gasteiger charge is -2.13. The van der Waals surface area contributed by atoms with Crippen LogP contribution in [0.1, 0.15) is 20.3 Å². The van der Waals surface area contributed by atoms with Gasteiger partial charge in [-0.25, -0.2) is 5.06 Å². The van der Waals surface area contributed by atoms with Crippen LogP contribution in [0.2, 0.25) is 0 Å². The fourth-order valence-corrected chi connectivity index (χ4v) is 1.56. The number of hydrogen-bond acceptors (Lipinski definition) is 2. The smallest absolute Gasteiger partial charge is 0.249 e. The fraction of sp³-hybridized carbons (Fsp3) is 0.889. The van der Waals surface area contributed by atoms with Crippen LogP contribution in [0.4, 0.5) is 0 Å². The van der Waals surface area contributed by atoms with Gasteiger partial charge in [0.15, 0.2) is 0 Å². The van der Waals surface area contributed by atoms with E-state index in [2.05, 4.69) is 13.8 Å². The van der Waals surface area contributed by atoms with Gasteiger partial charge in [0.1, 0.15) is 0 Å². The molecule has 0 aromatic heterocycles. The fourth-order valence-electron chi connectivity index (χ4n) is 1.56. The molecule has 1 aliphatic rings. The molecular formula is C9H17NO2. The molecule has 2 unspecified atom stereocenters. The number of carbonyl (C=O) groups excluding carboxylic acids is 1. The molecule has 0 aliphatic heterocycles. The molecule has 0 aromatic carbocycles. The Morgan fingerprint density at radius 1 is 1.58 bits per heavy atom. The van der Waals surface area contributed by atoms with Gasteiger partial charge in [-0.05, 0) is 18.3 Å². The second-order valence-electron chi connectivity index (χ2n) is 3.77. The molecule has 0 saturated heterocycles. The summed E-state index contributed by atoms with van der Waals surface area (Å²) in [5.74, 6) is 1.53. The van der Waals surface area contributed by atoms with E-state index >= 15 is 0 Å². The Labute approximate surface area is 73.6 Å². The van der Waals surface area contributed by atoms with Crippen LogP contribution in [0.25, 0.3) is 0 Å². The third-order valence-electron chi connectivity index (χ3n) is 2.60. The van der Waals surface area contributed by atoms with Crippen LogP contribution in [-0.4, -0.2) is 25.1 Å². The molecule has 70 valence electrons. The van der Waals surface area contributed by atoms with Gasteiger partial charge >= 0.3 is 0 Å². The highest BCUT2D eigenvalue weighted by Gasteiger charge is 2.45. The van der Waals surface area contributed by atoms with Gasteiger partial charge in [-0.3, -0.25) is 9.63 Å². The molecule has 1 saturated carbocycles. The number of hydrogen-bond donors (Lipinski definition) is 0. The monoisotopic (exact) mass is 171 g/mol. The first kappa shape index (κ1) is 9.52. The van der Waals surface area contributed by atoms with Crippen LogP contribution >= 0.6 is 0 Å². The number of hydroxylamine groups is 2. The van der Waals surface area contributed by atoms with Gasteiger partial charge in [-0.1, -0.05) is 13.8 Å². The van der Waals surface area contributed by atoms with E-state index in [0.717, 1.165) is 6.42 Å². The molecule has 0 heterocycles. The van der Waals surface area contributed by atoms with Crippen molar-refractivity contribution in [3.05, 3.63) is 0 Å². The van der Waals surface area contributed by atoms with Crippen LogP contribution in [0.15, 0.2) is 0 Å². The molecular weight excluding hydrogens is 154 g/mol. The zero-order chi connectivity index (χ0) is 9.30. The molecule has 1 amide bonds. The molecule has 0 aromatic rings. The summed E-state index contributed by atoms with van der Waals surface area (Å²) in [7, 11) is 3.18. The highest BCUT2D eigenvalue weighted by atomic mass is 16.7. The van der Waals surface area contributed by atoms with Crippen molar-refractivity contribution in [2.75, 3.05) is 14.2 Å². The predicted octanol–water partition coefficient (Wildman–Crippen LogP) is 1.30. The van der Waals surface area contributed by atoms with Gasteiger partial charge in [-0.15, -0.1) is 0 Å². The van der Waals surface area contributed by atoms with Crippen molar-refractivity contribution >= 4 is 5.91 Å². The summed E-state index contributed by atoms with van der Waals surface area (Å²) in [6.07, 6.45) is 1.03. The van der Waals surface area contributed by atoms with Crippen molar-refractivity contribution in [1.29, 1.82) is 0 Å². The lowest BCUT2D eigenvalue weighted by molar-refractivity contribution is -0.170. The molecule has 3 nitrogen and oxygen atoms in total. The van der Waals surface area contributed by atoms with E-state index in [9.17, 15) is 4.79 Å². The highest BCUT2D eigenvalue weighted by Crippen LogP contribution is 2.44. The van der Waals surface area contributed by atoms with Crippen molar-refractivity contribution in [2.24, 2.45) is 17.8 Å². The van der Waals surface area contributed by atoms with Crippen LogP contribution in [-0.2, 0) is 9.63 Å². The first-order valence-electron chi connectivity index (χ1n) is 4.39. The summed E-state index contributed by atoms with van der Waals surface area (Å²) in [6.45, 7) is 4.31. The Balaban J connectivity index is 2.38. The largest absolute Gasteiger partial charge is 0.275 e. The number of carbonyl (C=O) groups is 1. The molecule has 1 fully saturated rings. The molecule has 0 bridgehead atoms. The molecule has 0 radical (unpaired) electrons. The van der Waals surface area contributed by atoms with E-state index in [1.165, 1.54) is 12.2 Å². The van der Waals surface area contributed by atoms with Crippen LogP contribution in [0.5, 0.6) is 0 Å². The van der Waals surface area contributed by atoms with E-state index in [-0.39, 0.29) is 11.8 Å². The number of amides is 1. The first-order valence-corrected chi connectivity index (χ1v) is 4.39. The normalized spacial score (nSPS) is 27.4. The van der Waals surface area contributed by atoms with Crippen molar-refractivity contribution in [1.82, 2.24) is 5.06 Å². The maximum atomic E-state index is 11.5. The quantitative estimate of drug-likeness (QED) is 0.599. The lowest BCUT2D eigenvalue weighted by Crippen LogP contribution is -2.27. The summed E-state index contributed by atoms with van der Waals surface area (Å²) in [6, 6.07) is 0. The zero-order valence-electron chi connectivity index (χ0n) is 8.20. The summed E-state index contributed by atoms with van der Waals surface area (Å²) in [4.78, 5) is 16.3.